The molecule has 1 saturated heterocycles. The molecule has 0 amide bonds. The molecule has 5 nitrogen and oxygen atoms in total. The van der Waals surface area contributed by atoms with E-state index in [9.17, 15) is 8.42 Å². The van der Waals surface area contributed by atoms with E-state index < -0.39 is 10.0 Å². The second-order valence-electron chi connectivity index (χ2n) is 5.35. The molecule has 0 N–H and O–H groups in total. The lowest BCUT2D eigenvalue weighted by Gasteiger charge is -2.26. The molecule has 104 valence electrons. The van der Waals surface area contributed by atoms with Gasteiger partial charge < -0.3 is 0 Å². The van der Waals surface area contributed by atoms with Crippen LogP contribution in [0.15, 0.2) is 18.6 Å². The molecule has 1 aromatic rings. The lowest BCUT2D eigenvalue weighted by molar-refractivity contribution is 0.382. The van der Waals surface area contributed by atoms with Gasteiger partial charge >= 0.3 is 0 Å². The van der Waals surface area contributed by atoms with Crippen molar-refractivity contribution >= 4 is 10.0 Å². The van der Waals surface area contributed by atoms with Crippen molar-refractivity contribution in [2.24, 2.45) is 0 Å². The summed E-state index contributed by atoms with van der Waals surface area (Å²) in [7, 11) is -3.17. The van der Waals surface area contributed by atoms with Crippen LogP contribution in [0.4, 0.5) is 0 Å². The van der Waals surface area contributed by atoms with Gasteiger partial charge in [0.15, 0.2) is 0 Å². The SMILES string of the molecule is O=S(=O)(C1CCCC1)N1CCC[C@@H]1c1cnccn1. The second kappa shape index (κ2) is 5.17. The summed E-state index contributed by atoms with van der Waals surface area (Å²) in [5.74, 6) is 0. The topological polar surface area (TPSA) is 63.2 Å². The first-order valence-corrected chi connectivity index (χ1v) is 8.46. The first-order chi connectivity index (χ1) is 9.19. The minimum absolute atomic E-state index is 0.112. The Bertz CT molecular complexity index is 526. The smallest absolute Gasteiger partial charge is 0.217 e. The van der Waals surface area contributed by atoms with Crippen LogP contribution in [0.25, 0.3) is 0 Å². The molecule has 2 aliphatic rings. The van der Waals surface area contributed by atoms with Gasteiger partial charge in [-0.05, 0) is 25.7 Å². The maximum atomic E-state index is 12.7. The van der Waals surface area contributed by atoms with Gasteiger partial charge in [0.2, 0.25) is 10.0 Å². The Morgan fingerprint density at radius 1 is 1.11 bits per heavy atom. The second-order valence-corrected chi connectivity index (χ2v) is 7.52. The molecule has 1 saturated carbocycles. The lowest BCUT2D eigenvalue weighted by Crippen LogP contribution is -2.37. The zero-order valence-corrected chi connectivity index (χ0v) is 11.7. The van der Waals surface area contributed by atoms with E-state index in [1.165, 1.54) is 0 Å². The Hall–Kier alpha value is -1.01. The van der Waals surface area contributed by atoms with E-state index >= 15 is 0 Å². The van der Waals surface area contributed by atoms with Gasteiger partial charge in [0.25, 0.3) is 0 Å². The molecule has 1 aliphatic carbocycles. The van der Waals surface area contributed by atoms with E-state index in [0.29, 0.717) is 6.54 Å². The van der Waals surface area contributed by atoms with Crippen LogP contribution in [0.2, 0.25) is 0 Å². The summed E-state index contributed by atoms with van der Waals surface area (Å²) < 4.78 is 27.1. The number of hydrogen-bond acceptors (Lipinski definition) is 4. The van der Waals surface area contributed by atoms with Crippen LogP contribution in [-0.4, -0.2) is 34.5 Å². The standard InChI is InChI=1S/C13H19N3O2S/c17-19(18,11-4-1-2-5-11)16-9-3-6-13(16)12-10-14-7-8-15-12/h7-8,10-11,13H,1-6,9H2/t13-/m1/s1. The third kappa shape index (κ3) is 2.39. The third-order valence-corrected chi connectivity index (χ3v) is 6.58. The van der Waals surface area contributed by atoms with Crippen molar-refractivity contribution in [2.45, 2.75) is 49.8 Å². The van der Waals surface area contributed by atoms with Crippen molar-refractivity contribution in [3.05, 3.63) is 24.3 Å². The summed E-state index contributed by atoms with van der Waals surface area (Å²) in [6, 6.07) is -0.112. The first kappa shape index (κ1) is 13.0. The van der Waals surface area contributed by atoms with Crippen LogP contribution in [0.5, 0.6) is 0 Å². The average molecular weight is 281 g/mol. The molecular formula is C13H19N3O2S. The number of hydrogen-bond donors (Lipinski definition) is 0. The average Bonchev–Trinajstić information content (AvgIpc) is 3.11. The molecule has 0 aromatic carbocycles. The molecule has 2 fully saturated rings. The van der Waals surface area contributed by atoms with Crippen molar-refractivity contribution < 1.29 is 8.42 Å². The van der Waals surface area contributed by atoms with Crippen molar-refractivity contribution in [1.82, 2.24) is 14.3 Å². The molecule has 19 heavy (non-hydrogen) atoms. The quantitative estimate of drug-likeness (QED) is 0.848. The maximum absolute atomic E-state index is 12.7. The summed E-state index contributed by atoms with van der Waals surface area (Å²) in [4.78, 5) is 8.34. The molecule has 1 aromatic heterocycles. The molecule has 0 spiro atoms. The van der Waals surface area contributed by atoms with Crippen LogP contribution in [0.3, 0.4) is 0 Å². The fraction of sp³-hybridized carbons (Fsp3) is 0.692. The minimum Gasteiger partial charge on any atom is -0.261 e. The molecular weight excluding hydrogens is 262 g/mol. The van der Waals surface area contributed by atoms with Crippen molar-refractivity contribution in [1.29, 1.82) is 0 Å². The molecule has 6 heteroatoms. The van der Waals surface area contributed by atoms with Crippen LogP contribution in [0, 0.1) is 0 Å². The van der Waals surface area contributed by atoms with Gasteiger partial charge in [0.1, 0.15) is 0 Å². The largest absolute Gasteiger partial charge is 0.261 e. The highest BCUT2D eigenvalue weighted by Crippen LogP contribution is 2.37. The van der Waals surface area contributed by atoms with Crippen LogP contribution in [-0.2, 0) is 10.0 Å². The van der Waals surface area contributed by atoms with E-state index in [-0.39, 0.29) is 11.3 Å². The fourth-order valence-corrected chi connectivity index (χ4v) is 5.46. The molecule has 0 radical (unpaired) electrons. The zero-order valence-electron chi connectivity index (χ0n) is 10.9. The number of sulfonamides is 1. The Morgan fingerprint density at radius 3 is 2.58 bits per heavy atom. The van der Waals surface area contributed by atoms with Crippen molar-refractivity contribution in [3.63, 3.8) is 0 Å². The monoisotopic (exact) mass is 281 g/mol. The van der Waals surface area contributed by atoms with Gasteiger partial charge in [-0.2, -0.15) is 4.31 Å². The van der Waals surface area contributed by atoms with E-state index in [1.54, 1.807) is 22.9 Å². The Kier molecular flexibility index (Phi) is 3.54. The van der Waals surface area contributed by atoms with Crippen molar-refractivity contribution in [2.75, 3.05) is 6.54 Å². The summed E-state index contributed by atoms with van der Waals surface area (Å²) >= 11 is 0. The molecule has 1 aliphatic heterocycles. The van der Waals surface area contributed by atoms with E-state index in [1.807, 2.05) is 0 Å². The van der Waals surface area contributed by atoms with Gasteiger partial charge in [-0.25, -0.2) is 8.42 Å². The molecule has 2 heterocycles. The molecule has 1 atom stereocenters. The predicted octanol–water partition coefficient (Wildman–Crippen LogP) is 1.89. The highest BCUT2D eigenvalue weighted by molar-refractivity contribution is 7.89. The molecule has 0 bridgehead atoms. The number of aromatic nitrogens is 2. The van der Waals surface area contributed by atoms with Gasteiger partial charge in [0, 0.05) is 18.9 Å². The van der Waals surface area contributed by atoms with Gasteiger partial charge in [0.05, 0.1) is 23.2 Å². The highest BCUT2D eigenvalue weighted by Gasteiger charge is 2.41. The first-order valence-electron chi connectivity index (χ1n) is 6.96. The Labute approximate surface area is 114 Å². The third-order valence-electron chi connectivity index (χ3n) is 4.18. The summed E-state index contributed by atoms with van der Waals surface area (Å²) in [6.07, 6.45) is 10.4. The minimum atomic E-state index is -3.17. The maximum Gasteiger partial charge on any atom is 0.217 e. The van der Waals surface area contributed by atoms with Crippen LogP contribution in [0.1, 0.15) is 50.3 Å². The summed E-state index contributed by atoms with van der Waals surface area (Å²) in [6.45, 7) is 0.625. The summed E-state index contributed by atoms with van der Waals surface area (Å²) in [5.41, 5.74) is 0.779. The van der Waals surface area contributed by atoms with Gasteiger partial charge in [-0.15, -0.1) is 0 Å². The van der Waals surface area contributed by atoms with Crippen LogP contribution < -0.4 is 0 Å². The summed E-state index contributed by atoms with van der Waals surface area (Å²) in [5, 5.41) is -0.176. The van der Waals surface area contributed by atoms with Crippen LogP contribution >= 0.6 is 0 Å². The van der Waals surface area contributed by atoms with Crippen molar-refractivity contribution in [3.8, 4) is 0 Å². The number of rotatable bonds is 3. The lowest BCUT2D eigenvalue weighted by atomic mass is 10.2. The van der Waals surface area contributed by atoms with E-state index in [2.05, 4.69) is 9.97 Å². The highest BCUT2D eigenvalue weighted by atomic mass is 32.2. The number of nitrogens with zero attached hydrogens (tertiary/aromatic N) is 3. The Morgan fingerprint density at radius 2 is 1.89 bits per heavy atom. The fourth-order valence-electron chi connectivity index (χ4n) is 3.20. The van der Waals surface area contributed by atoms with Gasteiger partial charge in [-0.1, -0.05) is 12.8 Å². The van der Waals surface area contributed by atoms with E-state index in [4.69, 9.17) is 0 Å². The Balaban J connectivity index is 1.87. The normalized spacial score (nSPS) is 26.0. The molecule has 0 unspecified atom stereocenters. The van der Waals surface area contributed by atoms with Gasteiger partial charge in [-0.3, -0.25) is 9.97 Å². The zero-order chi connectivity index (χ0) is 13.3. The molecule has 3 rings (SSSR count). The predicted molar refractivity (Wildman–Crippen MR) is 71.9 cm³/mol. The van der Waals surface area contributed by atoms with E-state index in [0.717, 1.165) is 44.2 Å².